The van der Waals surface area contributed by atoms with Crippen LogP contribution in [0.1, 0.15) is 11.1 Å². The summed E-state index contributed by atoms with van der Waals surface area (Å²) in [6.07, 6.45) is 4.52. The highest BCUT2D eigenvalue weighted by molar-refractivity contribution is 6.12. The summed E-state index contributed by atoms with van der Waals surface area (Å²) in [7, 11) is 0. The molecule has 5 nitrogen and oxygen atoms in total. The average molecular weight is 755 g/mol. The van der Waals surface area contributed by atoms with Crippen molar-refractivity contribution < 1.29 is 4.42 Å². The van der Waals surface area contributed by atoms with Crippen LogP contribution in [-0.4, -0.2) is 19.1 Å². The largest absolute Gasteiger partial charge is 0.455 e. The number of hydrogen-bond donors (Lipinski definition) is 0. The van der Waals surface area contributed by atoms with Gasteiger partial charge in [0.15, 0.2) is 0 Å². The molecule has 0 radical (unpaired) electrons. The van der Waals surface area contributed by atoms with E-state index in [-0.39, 0.29) is 0 Å². The van der Waals surface area contributed by atoms with E-state index >= 15 is 0 Å². The van der Waals surface area contributed by atoms with Crippen LogP contribution in [0.25, 0.3) is 112 Å². The van der Waals surface area contributed by atoms with Gasteiger partial charge in [-0.25, -0.2) is 9.97 Å². The lowest BCUT2D eigenvalue weighted by Gasteiger charge is -2.12. The van der Waals surface area contributed by atoms with Gasteiger partial charge in [0.1, 0.15) is 11.2 Å². The summed E-state index contributed by atoms with van der Waals surface area (Å²) in [6, 6.07) is 68.0. The van der Waals surface area contributed by atoms with Gasteiger partial charge in [-0.3, -0.25) is 4.57 Å². The number of furan rings is 1. The molecule has 0 atom stereocenters. The third-order valence-corrected chi connectivity index (χ3v) is 11.6. The van der Waals surface area contributed by atoms with Crippen LogP contribution in [0.5, 0.6) is 0 Å². The summed E-state index contributed by atoms with van der Waals surface area (Å²) < 4.78 is 11.1. The van der Waals surface area contributed by atoms with Crippen molar-refractivity contribution in [3.05, 3.63) is 205 Å². The minimum atomic E-state index is 0.613. The molecule has 0 N–H and O–H groups in total. The smallest absolute Gasteiger partial charge is 0.235 e. The van der Waals surface area contributed by atoms with E-state index < -0.39 is 0 Å². The van der Waals surface area contributed by atoms with Gasteiger partial charge in [-0.1, -0.05) is 152 Å². The van der Waals surface area contributed by atoms with Crippen molar-refractivity contribution in [1.29, 1.82) is 0 Å². The van der Waals surface area contributed by atoms with E-state index in [0.717, 1.165) is 88.4 Å². The molecule has 0 aliphatic rings. The van der Waals surface area contributed by atoms with Gasteiger partial charge in [0.05, 0.1) is 33.5 Å². The van der Waals surface area contributed by atoms with Crippen LogP contribution in [-0.2, 0) is 0 Å². The fourth-order valence-corrected chi connectivity index (χ4v) is 8.95. The molecule has 12 rings (SSSR count). The Bertz CT molecular complexity index is 3610. The Labute approximate surface area is 339 Å². The first-order valence-corrected chi connectivity index (χ1v) is 19.9. The van der Waals surface area contributed by atoms with Gasteiger partial charge >= 0.3 is 0 Å². The summed E-state index contributed by atoms with van der Waals surface area (Å²) in [5, 5.41) is 6.61. The van der Waals surface area contributed by atoms with Crippen molar-refractivity contribution in [3.63, 3.8) is 0 Å². The van der Waals surface area contributed by atoms with Crippen LogP contribution < -0.4 is 0 Å². The number of hydrogen-bond acceptors (Lipinski definition) is 3. The zero-order valence-corrected chi connectivity index (χ0v) is 31.8. The van der Waals surface area contributed by atoms with E-state index in [1.165, 1.54) is 16.5 Å². The maximum atomic E-state index is 6.53. The van der Waals surface area contributed by atoms with Crippen molar-refractivity contribution in [2.24, 2.45) is 0 Å². The molecule has 276 valence electrons. The van der Waals surface area contributed by atoms with E-state index in [2.05, 4.69) is 191 Å². The van der Waals surface area contributed by atoms with Crippen molar-refractivity contribution >= 4 is 77.7 Å². The lowest BCUT2D eigenvalue weighted by atomic mass is 10.0. The van der Waals surface area contributed by atoms with Crippen LogP contribution in [0.2, 0.25) is 0 Å². The highest BCUT2D eigenvalue weighted by atomic mass is 16.3. The van der Waals surface area contributed by atoms with Crippen molar-refractivity contribution in [1.82, 2.24) is 19.1 Å². The number of para-hydroxylation sites is 6. The van der Waals surface area contributed by atoms with Gasteiger partial charge in [0.25, 0.3) is 0 Å². The molecule has 0 bridgehead atoms. The normalized spacial score (nSPS) is 12.0. The third kappa shape index (κ3) is 5.25. The second-order valence-corrected chi connectivity index (χ2v) is 14.9. The summed E-state index contributed by atoms with van der Waals surface area (Å²) in [5.41, 5.74) is 13.3. The third-order valence-electron chi connectivity index (χ3n) is 11.6. The van der Waals surface area contributed by atoms with E-state index in [1.54, 1.807) is 0 Å². The van der Waals surface area contributed by atoms with Crippen LogP contribution in [0.4, 0.5) is 0 Å². The molecule has 0 spiro atoms. The molecule has 8 aromatic carbocycles. The summed E-state index contributed by atoms with van der Waals surface area (Å²) in [4.78, 5) is 10.6. The summed E-state index contributed by atoms with van der Waals surface area (Å²) in [6.45, 7) is 0. The molecule has 0 unspecified atom stereocenters. The Kier molecular flexibility index (Phi) is 7.47. The van der Waals surface area contributed by atoms with Gasteiger partial charge in [-0.15, -0.1) is 0 Å². The first kappa shape index (κ1) is 33.2. The van der Waals surface area contributed by atoms with Crippen molar-refractivity contribution in [3.8, 4) is 34.2 Å². The molecule has 4 aromatic heterocycles. The van der Waals surface area contributed by atoms with Crippen LogP contribution in [0, 0.1) is 0 Å². The van der Waals surface area contributed by atoms with Gasteiger partial charge in [-0.2, -0.15) is 0 Å². The first-order chi connectivity index (χ1) is 29.3. The quantitative estimate of drug-likeness (QED) is 0.170. The topological polar surface area (TPSA) is 48.8 Å². The molecule has 0 saturated carbocycles. The van der Waals surface area contributed by atoms with Crippen molar-refractivity contribution in [2.75, 3.05) is 0 Å². The summed E-state index contributed by atoms with van der Waals surface area (Å²) in [5.74, 6) is 0.613. The average Bonchev–Trinajstić information content (AvgIpc) is 3.96. The van der Waals surface area contributed by atoms with E-state index in [0.29, 0.717) is 5.95 Å². The Morgan fingerprint density at radius 1 is 0.441 bits per heavy atom. The number of aromatic nitrogens is 4. The van der Waals surface area contributed by atoms with Crippen LogP contribution in [0.15, 0.2) is 199 Å². The monoisotopic (exact) mass is 754 g/mol. The molecule has 5 heteroatoms. The number of fused-ring (bicyclic) bond motifs is 8. The Hall–Kier alpha value is -8.02. The van der Waals surface area contributed by atoms with Gasteiger partial charge in [0, 0.05) is 49.1 Å². The Morgan fingerprint density at radius 2 is 1.08 bits per heavy atom. The van der Waals surface area contributed by atoms with Crippen LogP contribution in [0.3, 0.4) is 0 Å². The molecule has 0 aliphatic heterocycles. The molecule has 4 heterocycles. The number of benzene rings is 8. The SMILES string of the molecule is C(=C\c1c(-c2ccccc2)n(-c2ccccc2)c2ccccc12)/c1ccc2c(c1)c1ccccc1n2-c1nc(-c2cccc3c2oc2ccccc23)c2ccccc2n1. The van der Waals surface area contributed by atoms with Gasteiger partial charge in [0.2, 0.25) is 5.95 Å². The zero-order chi connectivity index (χ0) is 38.9. The second kappa shape index (κ2) is 13.3. The molecular formula is C54H34N4O. The van der Waals surface area contributed by atoms with Gasteiger partial charge < -0.3 is 8.98 Å². The lowest BCUT2D eigenvalue weighted by Crippen LogP contribution is -2.03. The molecule has 0 amide bonds. The molecule has 0 fully saturated rings. The minimum Gasteiger partial charge on any atom is -0.455 e. The summed E-state index contributed by atoms with van der Waals surface area (Å²) >= 11 is 0. The number of rotatable bonds is 6. The Morgan fingerprint density at radius 3 is 1.92 bits per heavy atom. The molecular weight excluding hydrogens is 721 g/mol. The highest BCUT2D eigenvalue weighted by Crippen LogP contribution is 2.41. The molecule has 0 aliphatic carbocycles. The Balaban J connectivity index is 1.04. The molecule has 0 saturated heterocycles. The molecule has 12 aromatic rings. The number of nitrogens with zero attached hydrogens (tertiary/aromatic N) is 4. The predicted octanol–water partition coefficient (Wildman–Crippen LogP) is 14.1. The first-order valence-electron chi connectivity index (χ1n) is 19.9. The zero-order valence-electron chi connectivity index (χ0n) is 31.8. The van der Waals surface area contributed by atoms with E-state index in [9.17, 15) is 0 Å². The predicted molar refractivity (Wildman–Crippen MR) is 244 cm³/mol. The van der Waals surface area contributed by atoms with E-state index in [4.69, 9.17) is 14.4 Å². The lowest BCUT2D eigenvalue weighted by molar-refractivity contribution is 0.670. The second-order valence-electron chi connectivity index (χ2n) is 14.9. The maximum Gasteiger partial charge on any atom is 0.235 e. The molecule has 59 heavy (non-hydrogen) atoms. The van der Waals surface area contributed by atoms with Crippen molar-refractivity contribution in [2.45, 2.75) is 0 Å². The van der Waals surface area contributed by atoms with E-state index in [1.807, 2.05) is 24.3 Å². The van der Waals surface area contributed by atoms with Gasteiger partial charge in [-0.05, 0) is 65.7 Å². The van der Waals surface area contributed by atoms with Crippen LogP contribution >= 0.6 is 0 Å². The fourth-order valence-electron chi connectivity index (χ4n) is 8.95. The highest BCUT2D eigenvalue weighted by Gasteiger charge is 2.21. The standard InChI is InChI=1S/C54H34N4O/c1-3-16-36(17-4-1)52-41(38-20-8-12-27-47(38)57(52)37-18-5-2-6-19-37)32-30-35-31-33-49-45(34-35)39-21-9-13-28-48(39)58(49)54-55-46-26-11-7-23-43(46)51(56-54)44-25-15-24-42-40-22-10-14-29-50(40)59-53(42)44/h1-34H/b32-30+. The fraction of sp³-hybridized carbons (Fsp3) is 0. The maximum absolute atomic E-state index is 6.53. The minimum absolute atomic E-state index is 0.613.